The maximum Gasteiger partial charge on any atom is 0.573 e. The molecule has 170 valence electrons. The summed E-state index contributed by atoms with van der Waals surface area (Å²) < 4.78 is 46.2. The molecule has 0 saturated heterocycles. The number of ether oxygens (including phenoxy) is 2. The first kappa shape index (κ1) is 23.1. The van der Waals surface area contributed by atoms with Gasteiger partial charge in [-0.3, -0.25) is 19.3 Å². The zero-order valence-corrected chi connectivity index (χ0v) is 17.4. The highest BCUT2D eigenvalue weighted by Crippen LogP contribution is 2.35. The van der Waals surface area contributed by atoms with Gasteiger partial charge in [-0.1, -0.05) is 6.92 Å². The Balaban J connectivity index is 1.76. The third-order valence-corrected chi connectivity index (χ3v) is 4.64. The summed E-state index contributed by atoms with van der Waals surface area (Å²) in [6.45, 7) is 3.06. The molecule has 2 amide bonds. The fraction of sp³-hybridized carbons (Fsp3) is 0.318. The fourth-order valence-electron chi connectivity index (χ4n) is 3.20. The van der Waals surface area contributed by atoms with Crippen LogP contribution in [-0.2, 0) is 9.59 Å². The number of nitrogens with one attached hydrogen (secondary N) is 1. The van der Waals surface area contributed by atoms with Crippen molar-refractivity contribution in [2.45, 2.75) is 39.2 Å². The molecule has 1 unspecified atom stereocenters. The monoisotopic (exact) mass is 450 g/mol. The second-order valence-electron chi connectivity index (χ2n) is 7.16. The molecular formula is C22H21F3N2O5. The topological polar surface area (TPSA) is 84.9 Å². The van der Waals surface area contributed by atoms with E-state index in [1.54, 1.807) is 19.1 Å². The summed E-state index contributed by atoms with van der Waals surface area (Å²) in [4.78, 5) is 38.7. The molecular weight excluding hydrogens is 429 g/mol. The summed E-state index contributed by atoms with van der Waals surface area (Å²) in [5.41, 5.74) is 0.937. The number of hydrogen-bond donors (Lipinski definition) is 1. The highest BCUT2D eigenvalue weighted by molar-refractivity contribution is 6.07. The van der Waals surface area contributed by atoms with Crippen molar-refractivity contribution >= 4 is 29.0 Å². The van der Waals surface area contributed by atoms with Crippen molar-refractivity contribution in [1.29, 1.82) is 0 Å². The Labute approximate surface area is 182 Å². The highest BCUT2D eigenvalue weighted by atomic mass is 19.4. The van der Waals surface area contributed by atoms with Crippen LogP contribution in [0.5, 0.6) is 11.5 Å². The summed E-state index contributed by atoms with van der Waals surface area (Å²) >= 11 is 0. The maximum atomic E-state index is 12.7. The van der Waals surface area contributed by atoms with Gasteiger partial charge in [0.25, 0.3) is 5.91 Å². The molecule has 0 spiro atoms. The number of rotatable bonds is 7. The van der Waals surface area contributed by atoms with Crippen molar-refractivity contribution in [2.75, 3.05) is 16.8 Å². The van der Waals surface area contributed by atoms with Crippen LogP contribution in [0.25, 0.3) is 0 Å². The number of carbonyl (C=O) groups excluding carboxylic acids is 3. The molecule has 1 heterocycles. The molecule has 2 aromatic carbocycles. The Kier molecular flexibility index (Phi) is 6.71. The number of ketones is 1. The number of Topliss-reactive ketones (excluding diaryl/α,β-unsaturated/α-hetero) is 1. The smallest absolute Gasteiger partial charge is 0.479 e. The van der Waals surface area contributed by atoms with Gasteiger partial charge in [0.1, 0.15) is 18.0 Å². The average molecular weight is 450 g/mol. The Morgan fingerprint density at radius 1 is 1.16 bits per heavy atom. The largest absolute Gasteiger partial charge is 0.573 e. The molecule has 1 aliphatic heterocycles. The maximum absolute atomic E-state index is 12.7. The molecule has 0 saturated carbocycles. The molecule has 0 aromatic heterocycles. The molecule has 32 heavy (non-hydrogen) atoms. The average Bonchev–Trinajstić information content (AvgIpc) is 2.71. The van der Waals surface area contributed by atoms with E-state index in [4.69, 9.17) is 4.74 Å². The molecule has 0 radical (unpaired) electrons. The van der Waals surface area contributed by atoms with Crippen LogP contribution < -0.4 is 19.7 Å². The molecule has 1 aliphatic rings. The second kappa shape index (κ2) is 9.29. The number of alkyl halides is 3. The molecule has 0 aliphatic carbocycles. The predicted molar refractivity (Wildman–Crippen MR) is 110 cm³/mol. The Bertz CT molecular complexity index is 1020. The lowest BCUT2D eigenvalue weighted by Crippen LogP contribution is -2.47. The molecule has 0 bridgehead atoms. The molecule has 0 fully saturated rings. The first-order valence-electron chi connectivity index (χ1n) is 9.88. The van der Waals surface area contributed by atoms with Gasteiger partial charge in [-0.05, 0) is 55.8 Å². The van der Waals surface area contributed by atoms with E-state index in [9.17, 15) is 27.6 Å². The van der Waals surface area contributed by atoms with E-state index in [2.05, 4.69) is 10.1 Å². The van der Waals surface area contributed by atoms with Crippen molar-refractivity contribution < 1.29 is 37.0 Å². The summed E-state index contributed by atoms with van der Waals surface area (Å²) in [6.07, 6.45) is -4.63. The Morgan fingerprint density at radius 2 is 1.84 bits per heavy atom. The molecule has 7 nitrogen and oxygen atoms in total. The minimum atomic E-state index is -4.82. The molecule has 10 heteroatoms. The van der Waals surface area contributed by atoms with Gasteiger partial charge in [-0.15, -0.1) is 13.2 Å². The van der Waals surface area contributed by atoms with E-state index in [-0.39, 0.29) is 18.0 Å². The zero-order chi connectivity index (χ0) is 23.5. The van der Waals surface area contributed by atoms with Gasteiger partial charge >= 0.3 is 6.36 Å². The lowest BCUT2D eigenvalue weighted by molar-refractivity contribution is -0.274. The second-order valence-corrected chi connectivity index (χ2v) is 7.16. The minimum Gasteiger partial charge on any atom is -0.479 e. The van der Waals surface area contributed by atoms with Gasteiger partial charge in [0.2, 0.25) is 5.91 Å². The van der Waals surface area contributed by atoms with Crippen LogP contribution in [-0.4, -0.2) is 36.6 Å². The van der Waals surface area contributed by atoms with E-state index in [1.807, 2.05) is 6.92 Å². The van der Waals surface area contributed by atoms with Crippen molar-refractivity contribution in [2.24, 2.45) is 0 Å². The number of fused-ring (bicyclic) bond motifs is 1. The number of nitrogens with zero attached hydrogens (tertiary/aromatic N) is 1. The standard InChI is InChI=1S/C22H21F3N2O5/c1-3-4-18(28)14-5-10-19-17(11-14)27(21(30)13(2)31-19)12-20(29)26-15-6-8-16(9-7-15)32-22(23,24)25/h5-11,13H,3-4,12H2,1-2H3,(H,26,29). The van der Waals surface area contributed by atoms with Crippen LogP contribution in [0.4, 0.5) is 24.5 Å². The number of halogens is 3. The first-order valence-corrected chi connectivity index (χ1v) is 9.88. The zero-order valence-electron chi connectivity index (χ0n) is 17.4. The molecule has 2 aromatic rings. The summed E-state index contributed by atoms with van der Waals surface area (Å²) in [5.74, 6) is -1.18. The Hall–Kier alpha value is -3.56. The van der Waals surface area contributed by atoms with Gasteiger partial charge < -0.3 is 14.8 Å². The van der Waals surface area contributed by atoms with Crippen LogP contribution >= 0.6 is 0 Å². The SMILES string of the molecule is CCCC(=O)c1ccc2c(c1)N(CC(=O)Nc1ccc(OC(F)(F)F)cc1)C(=O)C(C)O2. The lowest BCUT2D eigenvalue weighted by atomic mass is 10.0. The van der Waals surface area contributed by atoms with E-state index in [1.165, 1.54) is 23.1 Å². The number of anilines is 2. The van der Waals surface area contributed by atoms with E-state index in [0.29, 0.717) is 29.8 Å². The predicted octanol–water partition coefficient (Wildman–Crippen LogP) is 4.32. The molecule has 3 rings (SSSR count). The molecule has 1 N–H and O–H groups in total. The van der Waals surface area contributed by atoms with Crippen molar-refractivity contribution in [3.8, 4) is 11.5 Å². The Morgan fingerprint density at radius 3 is 2.47 bits per heavy atom. The third-order valence-electron chi connectivity index (χ3n) is 4.64. The molecule has 1 atom stereocenters. The van der Waals surface area contributed by atoms with Crippen molar-refractivity contribution in [1.82, 2.24) is 0 Å². The van der Waals surface area contributed by atoms with E-state index < -0.39 is 30.0 Å². The fourth-order valence-corrected chi connectivity index (χ4v) is 3.20. The van der Waals surface area contributed by atoms with Crippen LogP contribution in [0.1, 0.15) is 37.0 Å². The summed E-state index contributed by atoms with van der Waals surface area (Å²) in [5, 5.41) is 2.53. The van der Waals surface area contributed by atoms with Crippen LogP contribution in [0.15, 0.2) is 42.5 Å². The van der Waals surface area contributed by atoms with Gasteiger partial charge in [0.05, 0.1) is 5.69 Å². The third kappa shape index (κ3) is 5.57. The van der Waals surface area contributed by atoms with Gasteiger partial charge in [0, 0.05) is 17.7 Å². The van der Waals surface area contributed by atoms with Crippen LogP contribution in [0, 0.1) is 0 Å². The highest BCUT2D eigenvalue weighted by Gasteiger charge is 2.33. The number of amides is 2. The quantitative estimate of drug-likeness (QED) is 0.635. The first-order chi connectivity index (χ1) is 15.1. The van der Waals surface area contributed by atoms with E-state index in [0.717, 1.165) is 12.1 Å². The lowest BCUT2D eigenvalue weighted by Gasteiger charge is -2.32. The van der Waals surface area contributed by atoms with Gasteiger partial charge in [-0.2, -0.15) is 0 Å². The van der Waals surface area contributed by atoms with Gasteiger partial charge in [0.15, 0.2) is 11.9 Å². The van der Waals surface area contributed by atoms with Crippen molar-refractivity contribution in [3.63, 3.8) is 0 Å². The van der Waals surface area contributed by atoms with Crippen LogP contribution in [0.3, 0.4) is 0 Å². The number of carbonyl (C=O) groups is 3. The number of benzene rings is 2. The summed E-state index contributed by atoms with van der Waals surface area (Å²) in [6, 6.07) is 9.34. The van der Waals surface area contributed by atoms with Crippen molar-refractivity contribution in [3.05, 3.63) is 48.0 Å². The van der Waals surface area contributed by atoms with E-state index >= 15 is 0 Å². The minimum absolute atomic E-state index is 0.0908. The van der Waals surface area contributed by atoms with Gasteiger partial charge in [-0.25, -0.2) is 0 Å². The summed E-state index contributed by atoms with van der Waals surface area (Å²) in [7, 11) is 0. The number of hydrogen-bond acceptors (Lipinski definition) is 5. The normalized spacial score (nSPS) is 15.6. The van der Waals surface area contributed by atoms with Crippen LogP contribution in [0.2, 0.25) is 0 Å².